The van der Waals surface area contributed by atoms with Crippen molar-refractivity contribution in [3.05, 3.63) is 89.9 Å². The van der Waals surface area contributed by atoms with Gasteiger partial charge in [-0.2, -0.15) is 0 Å². The van der Waals surface area contributed by atoms with Gasteiger partial charge in [-0.25, -0.2) is 18.4 Å². The van der Waals surface area contributed by atoms with Crippen molar-refractivity contribution in [1.82, 2.24) is 15.3 Å². The molecule has 0 bridgehead atoms. The molecular formula is C25H20N4O3S. The summed E-state index contributed by atoms with van der Waals surface area (Å²) in [5.41, 5.74) is 2.64. The first-order valence-electron chi connectivity index (χ1n) is 9.99. The van der Waals surface area contributed by atoms with E-state index < -0.39 is 9.84 Å². The standard InChI is InChI=1S/C25H20N4O3S/c1-26-25(30)18-6-3-17(4-7-18)5-12-23-22-15-24(28-16-19(22)13-14-27-23)29-20-8-10-21(11-9-20)33(2,31)32/h3-4,6-11,13-16H,1-2H3,(H,26,30)(H,28,29). The lowest BCUT2D eigenvalue weighted by atomic mass is 10.1. The fourth-order valence-corrected chi connectivity index (χ4v) is 3.78. The number of benzene rings is 2. The Labute approximate surface area is 191 Å². The second-order valence-corrected chi connectivity index (χ2v) is 9.29. The molecule has 2 aromatic carbocycles. The Morgan fingerprint density at radius 2 is 1.67 bits per heavy atom. The minimum atomic E-state index is -3.25. The van der Waals surface area contributed by atoms with Crippen LogP contribution in [0.3, 0.4) is 0 Å². The minimum Gasteiger partial charge on any atom is -0.355 e. The monoisotopic (exact) mass is 456 g/mol. The summed E-state index contributed by atoms with van der Waals surface area (Å²) in [6, 6.07) is 17.2. The van der Waals surface area contributed by atoms with Gasteiger partial charge in [-0.3, -0.25) is 4.79 Å². The van der Waals surface area contributed by atoms with Crippen molar-refractivity contribution in [1.29, 1.82) is 0 Å². The number of carbonyl (C=O) groups is 1. The average molecular weight is 457 g/mol. The van der Waals surface area contributed by atoms with E-state index in [0.717, 1.165) is 16.3 Å². The van der Waals surface area contributed by atoms with Gasteiger partial charge >= 0.3 is 0 Å². The summed E-state index contributed by atoms with van der Waals surface area (Å²) >= 11 is 0. The van der Waals surface area contributed by atoms with E-state index in [1.165, 1.54) is 6.26 Å². The Hall–Kier alpha value is -4.22. The van der Waals surface area contributed by atoms with Gasteiger partial charge in [-0.05, 0) is 66.6 Å². The Balaban J connectivity index is 1.61. The second kappa shape index (κ2) is 9.10. The number of aromatic nitrogens is 2. The second-order valence-electron chi connectivity index (χ2n) is 7.28. The first kappa shape index (κ1) is 22.0. The van der Waals surface area contributed by atoms with Crippen LogP contribution in [-0.4, -0.2) is 37.6 Å². The maximum Gasteiger partial charge on any atom is 0.251 e. The number of sulfone groups is 1. The molecule has 2 heterocycles. The molecule has 0 aliphatic rings. The van der Waals surface area contributed by atoms with Crippen LogP contribution in [0, 0.1) is 11.8 Å². The van der Waals surface area contributed by atoms with Crippen molar-refractivity contribution in [2.75, 3.05) is 18.6 Å². The van der Waals surface area contributed by atoms with E-state index >= 15 is 0 Å². The van der Waals surface area contributed by atoms with Crippen molar-refractivity contribution in [2.24, 2.45) is 0 Å². The number of anilines is 2. The fourth-order valence-electron chi connectivity index (χ4n) is 3.15. The maximum absolute atomic E-state index is 11.7. The zero-order chi connectivity index (χ0) is 23.4. The molecule has 0 spiro atoms. The van der Waals surface area contributed by atoms with Gasteiger partial charge in [-0.15, -0.1) is 0 Å². The lowest BCUT2D eigenvalue weighted by Gasteiger charge is -2.08. The fraction of sp³-hybridized carbons (Fsp3) is 0.0800. The summed E-state index contributed by atoms with van der Waals surface area (Å²) in [4.78, 5) is 20.8. The molecule has 2 N–H and O–H groups in total. The van der Waals surface area contributed by atoms with Gasteiger partial charge in [0.1, 0.15) is 11.5 Å². The molecule has 0 radical (unpaired) electrons. The van der Waals surface area contributed by atoms with Gasteiger partial charge in [0.25, 0.3) is 5.91 Å². The number of pyridine rings is 2. The number of fused-ring (bicyclic) bond motifs is 1. The highest BCUT2D eigenvalue weighted by Crippen LogP contribution is 2.22. The highest BCUT2D eigenvalue weighted by atomic mass is 32.2. The SMILES string of the molecule is CNC(=O)c1ccc(C#Cc2nccc3cnc(Nc4ccc(S(C)(=O)=O)cc4)cc23)cc1. The van der Waals surface area contributed by atoms with Crippen molar-refractivity contribution in [2.45, 2.75) is 4.90 Å². The van der Waals surface area contributed by atoms with Crippen molar-refractivity contribution >= 4 is 38.0 Å². The molecule has 8 heteroatoms. The van der Waals surface area contributed by atoms with Crippen LogP contribution in [0.4, 0.5) is 11.5 Å². The van der Waals surface area contributed by atoms with Crippen LogP contribution in [0.15, 0.2) is 78.0 Å². The quantitative estimate of drug-likeness (QED) is 0.456. The van der Waals surface area contributed by atoms with Gasteiger partial charge in [0, 0.05) is 53.3 Å². The Morgan fingerprint density at radius 3 is 2.33 bits per heavy atom. The first-order valence-corrected chi connectivity index (χ1v) is 11.9. The average Bonchev–Trinajstić information content (AvgIpc) is 2.82. The van der Waals surface area contributed by atoms with Crippen LogP contribution in [-0.2, 0) is 9.84 Å². The van der Waals surface area contributed by atoms with Gasteiger partial charge in [-0.1, -0.05) is 5.92 Å². The Bertz CT molecular complexity index is 1500. The summed E-state index contributed by atoms with van der Waals surface area (Å²) in [6.45, 7) is 0. The first-order chi connectivity index (χ1) is 15.8. The van der Waals surface area contributed by atoms with Crippen molar-refractivity contribution in [3.8, 4) is 11.8 Å². The molecule has 0 fully saturated rings. The Kier molecular flexibility index (Phi) is 6.07. The third-order valence-electron chi connectivity index (χ3n) is 4.90. The lowest BCUT2D eigenvalue weighted by Crippen LogP contribution is -2.17. The molecule has 0 saturated heterocycles. The molecule has 0 unspecified atom stereocenters. The number of amides is 1. The van der Waals surface area contributed by atoms with Crippen LogP contribution in [0.1, 0.15) is 21.6 Å². The van der Waals surface area contributed by atoms with Gasteiger partial charge in [0.15, 0.2) is 9.84 Å². The van der Waals surface area contributed by atoms with E-state index in [4.69, 9.17) is 0 Å². The largest absolute Gasteiger partial charge is 0.355 e. The molecule has 0 aliphatic heterocycles. The number of carbonyl (C=O) groups excluding carboxylic acids is 1. The van der Waals surface area contributed by atoms with Crippen LogP contribution >= 0.6 is 0 Å². The van der Waals surface area contributed by atoms with E-state index in [-0.39, 0.29) is 10.8 Å². The van der Waals surface area contributed by atoms with E-state index in [9.17, 15) is 13.2 Å². The third kappa shape index (κ3) is 5.17. The summed E-state index contributed by atoms with van der Waals surface area (Å²) in [5.74, 6) is 6.62. The van der Waals surface area contributed by atoms with Crippen molar-refractivity contribution in [3.63, 3.8) is 0 Å². The zero-order valence-corrected chi connectivity index (χ0v) is 18.8. The molecule has 0 saturated carbocycles. The zero-order valence-electron chi connectivity index (χ0n) is 18.0. The summed E-state index contributed by atoms with van der Waals surface area (Å²) in [7, 11) is -1.66. The molecule has 4 aromatic rings. The van der Waals surface area contributed by atoms with E-state index in [1.807, 2.05) is 12.1 Å². The predicted octanol–water partition coefficient (Wildman–Crippen LogP) is 3.54. The topological polar surface area (TPSA) is 101 Å². The number of nitrogens with one attached hydrogen (secondary N) is 2. The van der Waals surface area contributed by atoms with Gasteiger partial charge < -0.3 is 10.6 Å². The molecular weight excluding hydrogens is 436 g/mol. The lowest BCUT2D eigenvalue weighted by molar-refractivity contribution is 0.0963. The van der Waals surface area contributed by atoms with Crippen LogP contribution in [0.2, 0.25) is 0 Å². The van der Waals surface area contributed by atoms with Crippen molar-refractivity contribution < 1.29 is 13.2 Å². The van der Waals surface area contributed by atoms with E-state index in [1.54, 1.807) is 68.0 Å². The molecule has 2 aromatic heterocycles. The van der Waals surface area contributed by atoms with E-state index in [2.05, 4.69) is 32.4 Å². The normalized spacial score (nSPS) is 10.8. The highest BCUT2D eigenvalue weighted by Gasteiger charge is 2.08. The Morgan fingerprint density at radius 1 is 0.939 bits per heavy atom. The predicted molar refractivity (Wildman–Crippen MR) is 128 cm³/mol. The summed E-state index contributed by atoms with van der Waals surface area (Å²) in [6.07, 6.45) is 4.58. The number of rotatable bonds is 4. The molecule has 0 aliphatic carbocycles. The number of hydrogen-bond acceptors (Lipinski definition) is 6. The van der Waals surface area contributed by atoms with Crippen LogP contribution in [0.5, 0.6) is 0 Å². The molecule has 0 atom stereocenters. The number of nitrogens with zero attached hydrogens (tertiary/aromatic N) is 2. The summed E-state index contributed by atoms with van der Waals surface area (Å²) < 4.78 is 23.3. The van der Waals surface area contributed by atoms with Gasteiger partial charge in [0.05, 0.1) is 4.90 Å². The molecule has 1 amide bonds. The molecule has 7 nitrogen and oxygen atoms in total. The minimum absolute atomic E-state index is 0.149. The van der Waals surface area contributed by atoms with Gasteiger partial charge in [0.2, 0.25) is 0 Å². The highest BCUT2D eigenvalue weighted by molar-refractivity contribution is 7.90. The molecule has 164 valence electrons. The van der Waals surface area contributed by atoms with E-state index in [0.29, 0.717) is 22.8 Å². The molecule has 33 heavy (non-hydrogen) atoms. The maximum atomic E-state index is 11.7. The smallest absolute Gasteiger partial charge is 0.251 e. The summed E-state index contributed by atoms with van der Waals surface area (Å²) in [5, 5.41) is 7.49. The number of hydrogen-bond donors (Lipinski definition) is 2. The van der Waals surface area contributed by atoms with Crippen LogP contribution < -0.4 is 10.6 Å². The molecule has 4 rings (SSSR count). The van der Waals surface area contributed by atoms with Crippen LogP contribution in [0.25, 0.3) is 10.8 Å². The third-order valence-corrected chi connectivity index (χ3v) is 6.03.